The summed E-state index contributed by atoms with van der Waals surface area (Å²) >= 11 is 1.63. The van der Waals surface area contributed by atoms with E-state index in [9.17, 15) is 26.3 Å². The molecule has 0 bridgehead atoms. The number of thioether (sulfide) groups is 1. The summed E-state index contributed by atoms with van der Waals surface area (Å²) < 4.78 is 74.8. The summed E-state index contributed by atoms with van der Waals surface area (Å²) in [4.78, 5) is 1.18. The SMILES string of the molecule is CC1=C(C)SC(c2ccc(C(F)(F)F)cc2)N1.Cc1ccc(-c2cccc(C(F)(F)F)c2)cc1. The molecule has 4 rings (SSSR count). The Morgan fingerprint density at radius 2 is 1.26 bits per heavy atom. The highest BCUT2D eigenvalue weighted by Crippen LogP contribution is 2.40. The van der Waals surface area contributed by atoms with Gasteiger partial charge in [0, 0.05) is 10.6 Å². The molecule has 0 spiro atoms. The van der Waals surface area contributed by atoms with Crippen molar-refractivity contribution in [2.75, 3.05) is 0 Å². The predicted octanol–water partition coefficient (Wildman–Crippen LogP) is 8.97. The second kappa shape index (κ2) is 10.2. The van der Waals surface area contributed by atoms with Gasteiger partial charge in [-0.3, -0.25) is 0 Å². The second-order valence-corrected chi connectivity index (χ2v) is 9.21. The Bertz CT molecular complexity index is 1130. The standard InChI is InChI=1S/C14H11F3.C12H12F3NS/c1-10-5-7-11(8-6-10)12-3-2-4-13(9-12)14(15,16)17;1-7-8(2)17-11(16-7)9-3-5-10(6-4-9)12(13,14)15/h2-9H,1H3;3-6,11,16H,1-2H3. The smallest absolute Gasteiger partial charge is 0.372 e. The molecule has 0 radical (unpaired) electrons. The Labute approximate surface area is 198 Å². The Morgan fingerprint density at radius 3 is 1.76 bits per heavy atom. The second-order valence-electron chi connectivity index (χ2n) is 7.89. The number of allylic oxidation sites excluding steroid dienone is 2. The fourth-order valence-electron chi connectivity index (χ4n) is 3.21. The van der Waals surface area contributed by atoms with Gasteiger partial charge in [0.15, 0.2) is 0 Å². The lowest BCUT2D eigenvalue weighted by Crippen LogP contribution is -2.11. The lowest BCUT2D eigenvalue weighted by atomic mass is 10.0. The molecule has 8 heteroatoms. The monoisotopic (exact) mass is 495 g/mol. The van der Waals surface area contributed by atoms with E-state index in [0.29, 0.717) is 5.56 Å². The Hall–Kier alpha value is -2.87. The van der Waals surface area contributed by atoms with Crippen LogP contribution in [-0.2, 0) is 12.4 Å². The van der Waals surface area contributed by atoms with Gasteiger partial charge in [-0.15, -0.1) is 0 Å². The molecule has 1 N–H and O–H groups in total. The maximum atomic E-state index is 12.5. The molecule has 1 aliphatic rings. The van der Waals surface area contributed by atoms with E-state index in [-0.39, 0.29) is 5.37 Å². The summed E-state index contributed by atoms with van der Waals surface area (Å²) in [5, 5.41) is 3.26. The summed E-state index contributed by atoms with van der Waals surface area (Å²) in [5.41, 5.74) is 3.18. The van der Waals surface area contributed by atoms with Crippen LogP contribution in [0, 0.1) is 6.92 Å². The minimum Gasteiger partial charge on any atom is -0.372 e. The minimum atomic E-state index is -4.29. The van der Waals surface area contributed by atoms with Gasteiger partial charge in [-0.2, -0.15) is 26.3 Å². The summed E-state index contributed by atoms with van der Waals surface area (Å²) in [6.45, 7) is 5.90. The first-order valence-corrected chi connectivity index (χ1v) is 11.2. The Morgan fingerprint density at radius 1 is 0.676 bits per heavy atom. The number of hydrogen-bond acceptors (Lipinski definition) is 2. The Balaban J connectivity index is 0.000000191. The highest BCUT2D eigenvalue weighted by Gasteiger charge is 2.31. The van der Waals surface area contributed by atoms with Crippen molar-refractivity contribution in [3.8, 4) is 11.1 Å². The lowest BCUT2D eigenvalue weighted by molar-refractivity contribution is -0.138. The average molecular weight is 496 g/mol. The van der Waals surface area contributed by atoms with E-state index in [4.69, 9.17) is 0 Å². The highest BCUT2D eigenvalue weighted by molar-refractivity contribution is 8.03. The molecule has 180 valence electrons. The molecule has 0 aliphatic carbocycles. The van der Waals surface area contributed by atoms with Gasteiger partial charge in [0.2, 0.25) is 0 Å². The van der Waals surface area contributed by atoms with Gasteiger partial charge in [-0.1, -0.05) is 65.9 Å². The first-order valence-electron chi connectivity index (χ1n) is 10.4. The number of aryl methyl sites for hydroxylation is 1. The van der Waals surface area contributed by atoms with Crippen molar-refractivity contribution in [1.82, 2.24) is 5.32 Å². The van der Waals surface area contributed by atoms with E-state index in [0.717, 1.165) is 40.6 Å². The summed E-state index contributed by atoms with van der Waals surface area (Å²) in [6, 6.07) is 18.1. The van der Waals surface area contributed by atoms with Crippen molar-refractivity contribution in [1.29, 1.82) is 0 Å². The molecular weight excluding hydrogens is 472 g/mol. The molecule has 0 amide bonds. The van der Waals surface area contributed by atoms with E-state index in [2.05, 4.69) is 5.32 Å². The van der Waals surface area contributed by atoms with E-state index in [1.807, 2.05) is 45.0 Å². The van der Waals surface area contributed by atoms with Crippen LogP contribution in [0.2, 0.25) is 0 Å². The van der Waals surface area contributed by atoms with Crippen LogP contribution >= 0.6 is 11.8 Å². The van der Waals surface area contributed by atoms with Crippen molar-refractivity contribution in [2.24, 2.45) is 0 Å². The molecule has 0 saturated carbocycles. The van der Waals surface area contributed by atoms with Gasteiger partial charge in [-0.05, 0) is 61.7 Å². The number of rotatable bonds is 2. The van der Waals surface area contributed by atoms with Crippen LogP contribution in [0.15, 0.2) is 83.4 Å². The number of alkyl halides is 6. The summed E-state index contributed by atoms with van der Waals surface area (Å²) in [6.07, 6.45) is -8.56. The fourth-order valence-corrected chi connectivity index (χ4v) is 4.33. The minimum absolute atomic E-state index is 0.0253. The topological polar surface area (TPSA) is 12.0 Å². The number of benzene rings is 3. The van der Waals surface area contributed by atoms with Crippen LogP contribution in [0.4, 0.5) is 26.3 Å². The van der Waals surface area contributed by atoms with Crippen molar-refractivity contribution in [2.45, 2.75) is 38.5 Å². The van der Waals surface area contributed by atoms with Crippen LogP contribution in [0.5, 0.6) is 0 Å². The van der Waals surface area contributed by atoms with Crippen molar-refractivity contribution in [3.05, 3.63) is 106 Å². The van der Waals surface area contributed by atoms with Gasteiger partial charge >= 0.3 is 12.4 Å². The fraction of sp³-hybridized carbons (Fsp3) is 0.231. The van der Waals surface area contributed by atoms with Crippen LogP contribution < -0.4 is 5.32 Å². The molecule has 1 aliphatic heterocycles. The summed E-state index contributed by atoms with van der Waals surface area (Å²) in [5.74, 6) is 0. The maximum absolute atomic E-state index is 12.5. The Kier molecular flexibility index (Phi) is 7.70. The molecule has 0 saturated heterocycles. The van der Waals surface area contributed by atoms with Crippen LogP contribution in [0.3, 0.4) is 0 Å². The zero-order valence-corrected chi connectivity index (χ0v) is 19.5. The highest BCUT2D eigenvalue weighted by atomic mass is 32.2. The molecular formula is C26H23F6NS. The quantitative estimate of drug-likeness (QED) is 0.356. The van der Waals surface area contributed by atoms with E-state index >= 15 is 0 Å². The van der Waals surface area contributed by atoms with Gasteiger partial charge in [0.05, 0.1) is 11.1 Å². The van der Waals surface area contributed by atoms with Crippen LogP contribution in [0.1, 0.15) is 41.5 Å². The third-order valence-corrected chi connectivity index (χ3v) is 6.57. The molecule has 0 fully saturated rings. The number of nitrogens with one attached hydrogen (secondary N) is 1. The molecule has 1 unspecified atom stereocenters. The van der Waals surface area contributed by atoms with Crippen molar-refractivity contribution < 1.29 is 26.3 Å². The lowest BCUT2D eigenvalue weighted by Gasteiger charge is -2.13. The third-order valence-electron chi connectivity index (χ3n) is 5.29. The zero-order valence-electron chi connectivity index (χ0n) is 18.7. The van der Waals surface area contributed by atoms with E-state index in [1.165, 1.54) is 29.2 Å². The van der Waals surface area contributed by atoms with Gasteiger partial charge in [0.25, 0.3) is 0 Å². The average Bonchev–Trinajstić information content (AvgIpc) is 3.12. The summed E-state index contributed by atoms with van der Waals surface area (Å²) in [7, 11) is 0. The number of hydrogen-bond donors (Lipinski definition) is 1. The van der Waals surface area contributed by atoms with Crippen LogP contribution in [-0.4, -0.2) is 0 Å². The van der Waals surface area contributed by atoms with Crippen LogP contribution in [0.25, 0.3) is 11.1 Å². The first-order chi connectivity index (χ1) is 15.8. The molecule has 3 aromatic carbocycles. The van der Waals surface area contributed by atoms with Crippen molar-refractivity contribution in [3.63, 3.8) is 0 Å². The molecule has 3 aromatic rings. The number of halogens is 6. The normalized spacial score (nSPS) is 16.1. The molecule has 34 heavy (non-hydrogen) atoms. The molecule has 1 atom stereocenters. The van der Waals surface area contributed by atoms with E-state index in [1.54, 1.807) is 17.8 Å². The zero-order chi connectivity index (χ0) is 25.1. The van der Waals surface area contributed by atoms with Gasteiger partial charge in [-0.25, -0.2) is 0 Å². The van der Waals surface area contributed by atoms with E-state index < -0.39 is 23.5 Å². The third kappa shape index (κ3) is 6.59. The van der Waals surface area contributed by atoms with Crippen molar-refractivity contribution >= 4 is 11.8 Å². The van der Waals surface area contributed by atoms with Gasteiger partial charge in [0.1, 0.15) is 5.37 Å². The molecule has 1 nitrogen and oxygen atoms in total. The maximum Gasteiger partial charge on any atom is 0.416 e. The first kappa shape index (κ1) is 25.7. The molecule has 1 heterocycles. The predicted molar refractivity (Wildman–Crippen MR) is 125 cm³/mol. The largest absolute Gasteiger partial charge is 0.416 e. The molecule has 0 aromatic heterocycles. The van der Waals surface area contributed by atoms with Gasteiger partial charge < -0.3 is 5.32 Å².